The molecular formula is C6H2N4O2. The van der Waals surface area contributed by atoms with Gasteiger partial charge in [-0.2, -0.15) is 5.26 Å². The van der Waals surface area contributed by atoms with Gasteiger partial charge in [-0.25, -0.2) is 4.79 Å². The first kappa shape index (κ1) is 7.85. The smallest absolute Gasteiger partial charge is 0.336 e. The maximum atomic E-state index is 10.6. The molecule has 6 heteroatoms. The minimum absolute atomic E-state index is 0.0136. The number of cyclic esters (lactones) is 1. The van der Waals surface area contributed by atoms with E-state index in [9.17, 15) is 4.79 Å². The van der Waals surface area contributed by atoms with Crippen molar-refractivity contribution in [2.45, 2.75) is 0 Å². The Morgan fingerprint density at radius 1 is 1.83 bits per heavy atom. The van der Waals surface area contributed by atoms with Crippen LogP contribution in [-0.2, 0) is 9.53 Å². The van der Waals surface area contributed by atoms with Crippen LogP contribution in [0.15, 0.2) is 28.7 Å². The molecule has 1 aliphatic heterocycles. The van der Waals surface area contributed by atoms with Gasteiger partial charge in [0, 0.05) is 11.0 Å². The predicted octanol–water partition coefficient (Wildman–Crippen LogP) is 1.14. The zero-order chi connectivity index (χ0) is 8.97. The number of carbonyl (C=O) groups is 1. The summed E-state index contributed by atoms with van der Waals surface area (Å²) in [7, 11) is 0. The van der Waals surface area contributed by atoms with Gasteiger partial charge in [-0.1, -0.05) is 5.11 Å². The van der Waals surface area contributed by atoms with Crippen LogP contribution in [0.3, 0.4) is 0 Å². The summed E-state index contributed by atoms with van der Waals surface area (Å²) in [5, 5.41) is 11.4. The number of rotatable bonds is 1. The summed E-state index contributed by atoms with van der Waals surface area (Å²) in [6, 6.07) is 1.66. The first-order chi connectivity index (χ1) is 5.77. The van der Waals surface area contributed by atoms with Crippen molar-refractivity contribution in [3.63, 3.8) is 0 Å². The van der Waals surface area contributed by atoms with Crippen LogP contribution in [0.4, 0.5) is 0 Å². The monoisotopic (exact) mass is 162 g/mol. The molecule has 1 rings (SSSR count). The van der Waals surface area contributed by atoms with E-state index in [1.807, 2.05) is 0 Å². The molecule has 0 aromatic rings. The Labute approximate surface area is 67.0 Å². The lowest BCUT2D eigenvalue weighted by atomic mass is 10.3. The third-order valence-electron chi connectivity index (χ3n) is 1.07. The van der Waals surface area contributed by atoms with E-state index in [2.05, 4.69) is 14.8 Å². The minimum atomic E-state index is -0.640. The number of allylic oxidation sites excluding steroid dienone is 1. The lowest BCUT2D eigenvalue weighted by Crippen LogP contribution is -1.90. The normalized spacial score (nSPS) is 17.8. The van der Waals surface area contributed by atoms with Crippen LogP contribution in [0.25, 0.3) is 10.4 Å². The highest BCUT2D eigenvalue weighted by Crippen LogP contribution is 2.20. The van der Waals surface area contributed by atoms with E-state index in [0.717, 1.165) is 12.2 Å². The number of azide groups is 1. The summed E-state index contributed by atoms with van der Waals surface area (Å²) in [5.74, 6) is -0.654. The summed E-state index contributed by atoms with van der Waals surface area (Å²) in [6.45, 7) is 0. The summed E-state index contributed by atoms with van der Waals surface area (Å²) in [4.78, 5) is 13.0. The Morgan fingerprint density at radius 3 is 3.17 bits per heavy atom. The number of esters is 1. The predicted molar refractivity (Wildman–Crippen MR) is 37.0 cm³/mol. The Hall–Kier alpha value is -2.25. The van der Waals surface area contributed by atoms with E-state index in [0.29, 0.717) is 0 Å². The van der Waals surface area contributed by atoms with E-state index in [1.54, 1.807) is 6.07 Å². The maximum Gasteiger partial charge on any atom is 0.336 e. The second kappa shape index (κ2) is 3.23. The van der Waals surface area contributed by atoms with Gasteiger partial charge >= 0.3 is 5.97 Å². The quantitative estimate of drug-likeness (QED) is 0.190. The van der Waals surface area contributed by atoms with Crippen LogP contribution in [0.1, 0.15) is 0 Å². The van der Waals surface area contributed by atoms with Crippen LogP contribution in [0, 0.1) is 11.3 Å². The van der Waals surface area contributed by atoms with Gasteiger partial charge in [0.05, 0.1) is 17.8 Å². The van der Waals surface area contributed by atoms with Crippen molar-refractivity contribution in [1.29, 1.82) is 5.26 Å². The fourth-order valence-electron chi connectivity index (χ4n) is 0.661. The van der Waals surface area contributed by atoms with Crippen molar-refractivity contribution in [1.82, 2.24) is 0 Å². The van der Waals surface area contributed by atoms with Gasteiger partial charge in [-0.15, -0.1) is 0 Å². The fourth-order valence-corrected chi connectivity index (χ4v) is 0.661. The molecule has 0 N–H and O–H groups in total. The number of hydrogen-bond acceptors (Lipinski definition) is 4. The van der Waals surface area contributed by atoms with Crippen molar-refractivity contribution in [3.8, 4) is 6.07 Å². The number of ether oxygens (including phenoxy) is 1. The summed E-state index contributed by atoms with van der Waals surface area (Å²) >= 11 is 0. The van der Waals surface area contributed by atoms with Crippen molar-refractivity contribution in [2.75, 3.05) is 0 Å². The summed E-state index contributed by atoms with van der Waals surface area (Å²) < 4.78 is 4.51. The molecule has 0 aromatic heterocycles. The van der Waals surface area contributed by atoms with E-state index >= 15 is 0 Å². The molecule has 0 saturated carbocycles. The van der Waals surface area contributed by atoms with Gasteiger partial charge in [0.1, 0.15) is 0 Å². The minimum Gasteiger partial charge on any atom is -0.422 e. The molecule has 0 aliphatic carbocycles. The molecule has 1 heterocycles. The average molecular weight is 162 g/mol. The number of nitrogens with zero attached hydrogens (tertiary/aromatic N) is 4. The lowest BCUT2D eigenvalue weighted by Gasteiger charge is -1.93. The highest BCUT2D eigenvalue weighted by atomic mass is 16.5. The molecule has 58 valence electrons. The van der Waals surface area contributed by atoms with Gasteiger partial charge in [0.25, 0.3) is 0 Å². The van der Waals surface area contributed by atoms with Crippen LogP contribution >= 0.6 is 0 Å². The molecule has 0 spiro atoms. The second-order valence-electron chi connectivity index (χ2n) is 1.78. The van der Waals surface area contributed by atoms with Crippen LogP contribution < -0.4 is 0 Å². The Morgan fingerprint density at radius 2 is 2.58 bits per heavy atom. The number of nitriles is 1. The van der Waals surface area contributed by atoms with Crippen LogP contribution in [0.2, 0.25) is 0 Å². The van der Waals surface area contributed by atoms with Gasteiger partial charge < -0.3 is 4.74 Å². The molecule has 0 radical (unpaired) electrons. The molecule has 0 bridgehead atoms. The second-order valence-corrected chi connectivity index (χ2v) is 1.78. The molecule has 1 aliphatic rings. The molecule has 0 unspecified atom stereocenters. The Kier molecular flexibility index (Phi) is 2.12. The molecule has 0 saturated heterocycles. The van der Waals surface area contributed by atoms with Crippen molar-refractivity contribution in [2.24, 2.45) is 5.11 Å². The Bertz CT molecular complexity index is 367. The topological polar surface area (TPSA) is 98.8 Å². The van der Waals surface area contributed by atoms with Gasteiger partial charge in [0.2, 0.25) is 0 Å². The highest BCUT2D eigenvalue weighted by Gasteiger charge is 2.18. The highest BCUT2D eigenvalue weighted by molar-refractivity contribution is 5.88. The first-order valence-corrected chi connectivity index (χ1v) is 2.86. The molecule has 0 amide bonds. The SMILES string of the molecule is N#C/C=C1/OC(=O)C=C1N=[N+]=[N-]. The zero-order valence-corrected chi connectivity index (χ0v) is 5.76. The summed E-state index contributed by atoms with van der Waals surface area (Å²) in [6.07, 6.45) is 2.01. The number of hydrogen-bond donors (Lipinski definition) is 0. The van der Waals surface area contributed by atoms with E-state index in [1.165, 1.54) is 0 Å². The van der Waals surface area contributed by atoms with E-state index in [-0.39, 0.29) is 11.5 Å². The molecule has 6 nitrogen and oxygen atoms in total. The average Bonchev–Trinajstić information content (AvgIpc) is 2.33. The van der Waals surface area contributed by atoms with Crippen molar-refractivity contribution >= 4 is 5.97 Å². The molecular weight excluding hydrogens is 160 g/mol. The molecule has 12 heavy (non-hydrogen) atoms. The van der Waals surface area contributed by atoms with Crippen molar-refractivity contribution < 1.29 is 9.53 Å². The molecule has 0 fully saturated rings. The molecule has 0 atom stereocenters. The first-order valence-electron chi connectivity index (χ1n) is 2.86. The largest absolute Gasteiger partial charge is 0.422 e. The van der Waals surface area contributed by atoms with Crippen LogP contribution in [-0.4, -0.2) is 5.97 Å². The fraction of sp³-hybridized carbons (Fsp3) is 0. The van der Waals surface area contributed by atoms with E-state index in [4.69, 9.17) is 10.8 Å². The third kappa shape index (κ3) is 1.42. The standard InChI is InChI=1S/C6H2N4O2/c7-2-1-5-4(9-10-8)3-6(11)12-5/h1,3H/b5-1+. The lowest BCUT2D eigenvalue weighted by molar-refractivity contribution is -0.132. The molecule has 0 aromatic carbocycles. The Balaban J connectivity index is 3.04. The van der Waals surface area contributed by atoms with E-state index < -0.39 is 5.97 Å². The van der Waals surface area contributed by atoms with Gasteiger partial charge in [0.15, 0.2) is 5.76 Å². The maximum absolute atomic E-state index is 10.6. The van der Waals surface area contributed by atoms with Crippen molar-refractivity contribution in [3.05, 3.63) is 34.1 Å². The zero-order valence-electron chi connectivity index (χ0n) is 5.76. The number of carbonyl (C=O) groups excluding carboxylic acids is 1. The third-order valence-corrected chi connectivity index (χ3v) is 1.07. The summed E-state index contributed by atoms with van der Waals surface area (Å²) in [5.41, 5.74) is 8.07. The van der Waals surface area contributed by atoms with Crippen LogP contribution in [0.5, 0.6) is 0 Å². The van der Waals surface area contributed by atoms with Gasteiger partial charge in [-0.3, -0.25) is 0 Å². The van der Waals surface area contributed by atoms with Gasteiger partial charge in [-0.05, 0) is 5.53 Å².